The van der Waals surface area contributed by atoms with Crippen LogP contribution in [0.5, 0.6) is 0 Å². The maximum Gasteiger partial charge on any atom is 0.225 e. The highest BCUT2D eigenvalue weighted by Gasteiger charge is 2.52. The molecule has 3 fully saturated rings. The number of carbonyl (C=O) groups excluding carboxylic acids is 1. The molecule has 5 heteroatoms. The van der Waals surface area contributed by atoms with Crippen molar-refractivity contribution in [2.45, 2.75) is 36.3 Å². The van der Waals surface area contributed by atoms with Gasteiger partial charge >= 0.3 is 0 Å². The van der Waals surface area contributed by atoms with E-state index in [4.69, 9.17) is 10.00 Å². The first-order chi connectivity index (χ1) is 8.61. The van der Waals surface area contributed by atoms with Gasteiger partial charge in [0.15, 0.2) is 0 Å². The number of hydrogen-bond acceptors (Lipinski definition) is 3. The number of nitrogens with zero attached hydrogens (tertiary/aromatic N) is 2. The third-order valence-electron chi connectivity index (χ3n) is 4.76. The summed E-state index contributed by atoms with van der Waals surface area (Å²) in [5.41, 5.74) is 0. The number of rotatable bonds is 0. The van der Waals surface area contributed by atoms with Crippen molar-refractivity contribution in [2.75, 3.05) is 13.6 Å². The summed E-state index contributed by atoms with van der Waals surface area (Å²) in [6.45, 7) is 0.849. The van der Waals surface area contributed by atoms with E-state index in [-0.39, 0.29) is 24.0 Å². The number of amides is 1. The van der Waals surface area contributed by atoms with Gasteiger partial charge in [-0.25, -0.2) is 0 Å². The van der Waals surface area contributed by atoms with E-state index in [1.807, 2.05) is 11.9 Å². The molecule has 0 aromatic rings. The van der Waals surface area contributed by atoms with Crippen LogP contribution in [0.25, 0.3) is 0 Å². The minimum atomic E-state index is -0.284. The average molecular weight is 313 g/mol. The van der Waals surface area contributed by atoms with E-state index in [0.29, 0.717) is 16.7 Å². The normalized spacial score (nSPS) is 47.4. The summed E-state index contributed by atoms with van der Waals surface area (Å²) >= 11 is 3.78. The largest absolute Gasteiger partial charge is 0.360 e. The Morgan fingerprint density at radius 2 is 2.22 bits per heavy atom. The van der Waals surface area contributed by atoms with Crippen molar-refractivity contribution >= 4 is 21.8 Å². The average Bonchev–Trinajstić information content (AvgIpc) is 2.78. The van der Waals surface area contributed by atoms with E-state index < -0.39 is 0 Å². The van der Waals surface area contributed by atoms with Gasteiger partial charge in [0.1, 0.15) is 6.10 Å². The Bertz CT molecular complexity index is 408. The first-order valence-electron chi connectivity index (χ1n) is 6.56. The van der Waals surface area contributed by atoms with Crippen molar-refractivity contribution in [2.24, 2.45) is 17.8 Å². The van der Waals surface area contributed by atoms with Gasteiger partial charge in [-0.1, -0.05) is 15.9 Å². The van der Waals surface area contributed by atoms with Crippen molar-refractivity contribution in [1.82, 2.24) is 4.90 Å². The number of likely N-dealkylation sites (tertiary alicyclic amines) is 1. The lowest BCUT2D eigenvalue weighted by Crippen LogP contribution is -2.52. The van der Waals surface area contributed by atoms with Crippen LogP contribution in [0, 0.1) is 29.1 Å². The predicted molar refractivity (Wildman–Crippen MR) is 68.9 cm³/mol. The molecule has 6 atom stereocenters. The van der Waals surface area contributed by atoms with Gasteiger partial charge < -0.3 is 9.64 Å². The van der Waals surface area contributed by atoms with E-state index in [2.05, 4.69) is 22.0 Å². The van der Waals surface area contributed by atoms with Gasteiger partial charge in [0.25, 0.3) is 0 Å². The lowest BCUT2D eigenvalue weighted by atomic mass is 9.68. The molecular weight excluding hydrogens is 296 g/mol. The van der Waals surface area contributed by atoms with Crippen molar-refractivity contribution in [3.8, 4) is 6.07 Å². The van der Waals surface area contributed by atoms with Crippen LogP contribution in [0.3, 0.4) is 0 Å². The Balaban J connectivity index is 1.82. The molecule has 0 aromatic heterocycles. The highest BCUT2D eigenvalue weighted by Crippen LogP contribution is 2.48. The molecule has 2 aliphatic heterocycles. The van der Waals surface area contributed by atoms with Gasteiger partial charge in [0.05, 0.1) is 12.2 Å². The molecule has 0 radical (unpaired) electrons. The molecule has 0 aromatic carbocycles. The molecule has 2 saturated heterocycles. The van der Waals surface area contributed by atoms with Gasteiger partial charge in [-0.2, -0.15) is 5.26 Å². The lowest BCUT2D eigenvalue weighted by Gasteiger charge is -2.45. The third-order valence-corrected chi connectivity index (χ3v) is 6.12. The van der Waals surface area contributed by atoms with E-state index in [1.54, 1.807) is 0 Å². The molecule has 0 spiro atoms. The van der Waals surface area contributed by atoms with Crippen molar-refractivity contribution in [1.29, 1.82) is 5.26 Å². The van der Waals surface area contributed by atoms with Crippen LogP contribution in [0.15, 0.2) is 0 Å². The van der Waals surface area contributed by atoms with Crippen LogP contribution in [0.4, 0.5) is 0 Å². The molecule has 2 heterocycles. The molecule has 0 bridgehead atoms. The van der Waals surface area contributed by atoms with E-state index in [0.717, 1.165) is 25.8 Å². The second-order valence-corrected chi connectivity index (χ2v) is 6.75. The number of nitriles is 1. The molecule has 4 nitrogen and oxygen atoms in total. The maximum atomic E-state index is 12.2. The Hall–Kier alpha value is -0.600. The zero-order valence-corrected chi connectivity index (χ0v) is 12.0. The number of carbonyl (C=O) groups is 1. The van der Waals surface area contributed by atoms with Gasteiger partial charge in [0, 0.05) is 30.3 Å². The smallest absolute Gasteiger partial charge is 0.225 e. The molecule has 1 amide bonds. The molecule has 6 unspecified atom stereocenters. The number of piperidine rings is 1. The fourth-order valence-corrected chi connectivity index (χ4v) is 4.95. The summed E-state index contributed by atoms with van der Waals surface area (Å²) in [7, 11) is 1.88. The summed E-state index contributed by atoms with van der Waals surface area (Å²) in [5, 5.41) is 8.99. The minimum Gasteiger partial charge on any atom is -0.360 e. The fraction of sp³-hybridized carbons (Fsp3) is 0.846. The highest BCUT2D eigenvalue weighted by atomic mass is 79.9. The van der Waals surface area contributed by atoms with Crippen LogP contribution in [-0.4, -0.2) is 41.4 Å². The summed E-state index contributed by atoms with van der Waals surface area (Å²) in [6, 6.07) is 2.20. The first-order valence-corrected chi connectivity index (χ1v) is 7.47. The lowest BCUT2D eigenvalue weighted by molar-refractivity contribution is -0.144. The molecule has 18 heavy (non-hydrogen) atoms. The number of ether oxygens (including phenoxy) is 1. The zero-order valence-electron chi connectivity index (χ0n) is 10.4. The SMILES string of the molecule is CN1CCC2C(CC3OC(C#N)CC3C2Br)C1=O. The van der Waals surface area contributed by atoms with Crippen molar-refractivity contribution in [3.05, 3.63) is 0 Å². The topological polar surface area (TPSA) is 53.3 Å². The first kappa shape index (κ1) is 12.4. The number of alkyl halides is 1. The third kappa shape index (κ3) is 1.78. The van der Waals surface area contributed by atoms with E-state index in [1.165, 1.54) is 0 Å². The van der Waals surface area contributed by atoms with Crippen molar-refractivity contribution < 1.29 is 9.53 Å². The van der Waals surface area contributed by atoms with Gasteiger partial charge in [-0.15, -0.1) is 0 Å². The standard InChI is InChI=1S/C13H17BrN2O2/c1-16-3-2-8-9(13(16)17)5-11-10(12(8)14)4-7(6-15)18-11/h7-12H,2-5H2,1H3. The second-order valence-electron chi connectivity index (χ2n) is 5.69. The predicted octanol–water partition coefficient (Wildman–Crippen LogP) is 1.55. The van der Waals surface area contributed by atoms with E-state index in [9.17, 15) is 4.79 Å². The fourth-order valence-electron chi connectivity index (χ4n) is 3.76. The van der Waals surface area contributed by atoms with E-state index >= 15 is 0 Å². The molecule has 98 valence electrons. The zero-order chi connectivity index (χ0) is 12.9. The minimum absolute atomic E-state index is 0.0758. The van der Waals surface area contributed by atoms with Gasteiger partial charge in [-0.3, -0.25) is 4.79 Å². The Labute approximate surface area is 115 Å². The summed E-state index contributed by atoms with van der Waals surface area (Å²) in [6.07, 6.45) is 2.45. The van der Waals surface area contributed by atoms with Gasteiger partial charge in [0.2, 0.25) is 5.91 Å². The molecular formula is C13H17BrN2O2. The van der Waals surface area contributed by atoms with Crippen LogP contribution >= 0.6 is 15.9 Å². The van der Waals surface area contributed by atoms with Crippen LogP contribution < -0.4 is 0 Å². The molecule has 3 rings (SSSR count). The molecule has 0 N–H and O–H groups in total. The number of halogens is 1. The number of hydrogen-bond donors (Lipinski definition) is 0. The Morgan fingerprint density at radius 3 is 2.94 bits per heavy atom. The van der Waals surface area contributed by atoms with Crippen LogP contribution in [-0.2, 0) is 9.53 Å². The Morgan fingerprint density at radius 1 is 1.44 bits per heavy atom. The molecule has 3 aliphatic rings. The van der Waals surface area contributed by atoms with Crippen LogP contribution in [0.1, 0.15) is 19.3 Å². The monoisotopic (exact) mass is 312 g/mol. The van der Waals surface area contributed by atoms with Gasteiger partial charge in [-0.05, 0) is 25.2 Å². The van der Waals surface area contributed by atoms with Crippen LogP contribution in [0.2, 0.25) is 0 Å². The van der Waals surface area contributed by atoms with Crippen molar-refractivity contribution in [3.63, 3.8) is 0 Å². The summed E-state index contributed by atoms with van der Waals surface area (Å²) in [5.74, 6) is 1.13. The maximum absolute atomic E-state index is 12.2. The Kier molecular flexibility index (Phi) is 3.11. The highest BCUT2D eigenvalue weighted by molar-refractivity contribution is 9.09. The second kappa shape index (κ2) is 4.50. The number of fused-ring (bicyclic) bond motifs is 2. The summed E-state index contributed by atoms with van der Waals surface area (Å²) < 4.78 is 5.76. The molecule has 1 saturated carbocycles. The molecule has 1 aliphatic carbocycles. The quantitative estimate of drug-likeness (QED) is 0.638. The summed E-state index contributed by atoms with van der Waals surface area (Å²) in [4.78, 5) is 14.4.